The molecule has 0 radical (unpaired) electrons. The lowest BCUT2D eigenvalue weighted by atomic mass is 10.1. The second kappa shape index (κ2) is 6.62. The van der Waals surface area contributed by atoms with Crippen molar-refractivity contribution in [3.05, 3.63) is 47.5 Å². The number of carbonyl (C=O) groups is 2. The first kappa shape index (κ1) is 15.9. The van der Waals surface area contributed by atoms with E-state index in [1.54, 1.807) is 18.2 Å². The highest BCUT2D eigenvalue weighted by Crippen LogP contribution is 2.34. The molecule has 0 aliphatic carbocycles. The van der Waals surface area contributed by atoms with Crippen LogP contribution in [0.4, 0.5) is 11.4 Å². The Morgan fingerprint density at radius 2 is 1.71 bits per heavy atom. The Labute approximate surface area is 139 Å². The second-order valence-corrected chi connectivity index (χ2v) is 5.66. The molecule has 3 rings (SSSR count). The molecule has 24 heavy (non-hydrogen) atoms. The number of hydrogen-bond acceptors (Lipinski definition) is 4. The number of fused-ring (bicyclic) bond motifs is 1. The molecule has 0 bridgehead atoms. The Morgan fingerprint density at radius 3 is 2.50 bits per heavy atom. The predicted molar refractivity (Wildman–Crippen MR) is 90.4 cm³/mol. The molecular weight excluding hydrogens is 308 g/mol. The zero-order valence-electron chi connectivity index (χ0n) is 13.5. The number of ether oxygens (including phenoxy) is 2. The monoisotopic (exact) mass is 326 g/mol. The van der Waals surface area contributed by atoms with Gasteiger partial charge in [-0.25, -0.2) is 0 Å². The topological polar surface area (TPSA) is 76.7 Å². The molecule has 2 aromatic carbocycles. The van der Waals surface area contributed by atoms with Gasteiger partial charge in [0.05, 0.1) is 0 Å². The summed E-state index contributed by atoms with van der Waals surface area (Å²) >= 11 is 0. The lowest BCUT2D eigenvalue weighted by Gasteiger charge is -2.10. The molecule has 1 aliphatic rings. The van der Waals surface area contributed by atoms with Gasteiger partial charge < -0.3 is 20.1 Å². The Hall–Kier alpha value is -3.02. The van der Waals surface area contributed by atoms with E-state index in [2.05, 4.69) is 10.6 Å². The van der Waals surface area contributed by atoms with Crippen molar-refractivity contribution in [2.75, 3.05) is 17.4 Å². The molecule has 124 valence electrons. The molecule has 0 saturated heterocycles. The summed E-state index contributed by atoms with van der Waals surface area (Å²) in [6.07, 6.45) is -0.262. The third kappa shape index (κ3) is 3.65. The number of anilines is 2. The standard InChI is InChI=1S/C18H18N2O4/c1-11-3-5-14(12(2)7-11)20-18(22)9-17(21)19-13-4-6-15-16(8-13)24-10-23-15/h3-8H,9-10H2,1-2H3,(H,19,21)(H,20,22). The molecule has 0 unspecified atom stereocenters. The van der Waals surface area contributed by atoms with Crippen molar-refractivity contribution in [3.63, 3.8) is 0 Å². The van der Waals surface area contributed by atoms with Gasteiger partial charge in [-0.15, -0.1) is 0 Å². The molecule has 6 nitrogen and oxygen atoms in total. The van der Waals surface area contributed by atoms with Crippen molar-refractivity contribution < 1.29 is 19.1 Å². The summed E-state index contributed by atoms with van der Waals surface area (Å²) in [6, 6.07) is 10.8. The maximum absolute atomic E-state index is 12.0. The van der Waals surface area contributed by atoms with Gasteiger partial charge in [-0.05, 0) is 37.6 Å². The molecule has 2 amide bonds. The van der Waals surface area contributed by atoms with E-state index in [1.807, 2.05) is 32.0 Å². The van der Waals surface area contributed by atoms with Crippen LogP contribution in [0.2, 0.25) is 0 Å². The number of amides is 2. The Kier molecular flexibility index (Phi) is 4.37. The molecule has 6 heteroatoms. The van der Waals surface area contributed by atoms with Crippen molar-refractivity contribution >= 4 is 23.2 Å². The molecule has 1 aliphatic heterocycles. The summed E-state index contributed by atoms with van der Waals surface area (Å²) in [6.45, 7) is 4.07. The molecule has 0 spiro atoms. The minimum Gasteiger partial charge on any atom is -0.454 e. The van der Waals surface area contributed by atoms with Crippen LogP contribution >= 0.6 is 0 Å². The van der Waals surface area contributed by atoms with Gasteiger partial charge in [-0.1, -0.05) is 17.7 Å². The number of carbonyl (C=O) groups excluding carboxylic acids is 2. The van der Waals surface area contributed by atoms with Crippen molar-refractivity contribution in [1.29, 1.82) is 0 Å². The summed E-state index contributed by atoms with van der Waals surface area (Å²) in [5, 5.41) is 5.43. The molecular formula is C18H18N2O4. The fourth-order valence-corrected chi connectivity index (χ4v) is 2.47. The first-order chi connectivity index (χ1) is 11.5. The van der Waals surface area contributed by atoms with Crippen LogP contribution in [-0.2, 0) is 9.59 Å². The van der Waals surface area contributed by atoms with Crippen LogP contribution in [0.3, 0.4) is 0 Å². The maximum Gasteiger partial charge on any atom is 0.233 e. The molecule has 2 N–H and O–H groups in total. The normalized spacial score (nSPS) is 11.9. The number of nitrogens with one attached hydrogen (secondary N) is 2. The predicted octanol–water partition coefficient (Wildman–Crippen LogP) is 3.00. The van der Waals surface area contributed by atoms with Gasteiger partial charge in [0, 0.05) is 17.4 Å². The minimum absolute atomic E-state index is 0.172. The Balaban J connectivity index is 1.57. The molecule has 1 heterocycles. The van der Waals surface area contributed by atoms with E-state index < -0.39 is 5.91 Å². The van der Waals surface area contributed by atoms with Crippen LogP contribution in [0, 0.1) is 13.8 Å². The van der Waals surface area contributed by atoms with Crippen LogP contribution in [0.1, 0.15) is 17.5 Å². The van der Waals surface area contributed by atoms with Gasteiger partial charge >= 0.3 is 0 Å². The highest BCUT2D eigenvalue weighted by molar-refractivity contribution is 6.08. The molecule has 0 fully saturated rings. The highest BCUT2D eigenvalue weighted by atomic mass is 16.7. The van der Waals surface area contributed by atoms with Crippen LogP contribution in [0.15, 0.2) is 36.4 Å². The van der Waals surface area contributed by atoms with Gasteiger partial charge in [-0.3, -0.25) is 9.59 Å². The SMILES string of the molecule is Cc1ccc(NC(=O)CC(=O)Nc2ccc3c(c2)OCO3)c(C)c1. The number of rotatable bonds is 4. The fourth-order valence-electron chi connectivity index (χ4n) is 2.47. The van der Waals surface area contributed by atoms with Crippen molar-refractivity contribution in [2.24, 2.45) is 0 Å². The highest BCUT2D eigenvalue weighted by Gasteiger charge is 2.15. The van der Waals surface area contributed by atoms with Gasteiger partial charge in [0.1, 0.15) is 6.42 Å². The van der Waals surface area contributed by atoms with E-state index in [1.165, 1.54) is 0 Å². The van der Waals surface area contributed by atoms with E-state index in [9.17, 15) is 9.59 Å². The second-order valence-electron chi connectivity index (χ2n) is 5.66. The fraction of sp³-hybridized carbons (Fsp3) is 0.222. The first-order valence-corrected chi connectivity index (χ1v) is 7.58. The van der Waals surface area contributed by atoms with Gasteiger partial charge in [0.25, 0.3) is 0 Å². The van der Waals surface area contributed by atoms with Gasteiger partial charge in [0.15, 0.2) is 11.5 Å². The average molecular weight is 326 g/mol. The van der Waals surface area contributed by atoms with Crippen molar-refractivity contribution in [3.8, 4) is 11.5 Å². The smallest absolute Gasteiger partial charge is 0.233 e. The number of aryl methyl sites for hydroxylation is 2. The molecule has 2 aromatic rings. The quantitative estimate of drug-likeness (QED) is 0.847. The van der Waals surface area contributed by atoms with Crippen LogP contribution < -0.4 is 20.1 Å². The van der Waals surface area contributed by atoms with Gasteiger partial charge in [0.2, 0.25) is 18.6 Å². The summed E-state index contributed by atoms with van der Waals surface area (Å²) in [5.41, 5.74) is 3.34. The van der Waals surface area contributed by atoms with E-state index >= 15 is 0 Å². The average Bonchev–Trinajstić information content (AvgIpc) is 2.97. The van der Waals surface area contributed by atoms with Crippen LogP contribution in [0.25, 0.3) is 0 Å². The summed E-state index contributed by atoms with van der Waals surface area (Å²) < 4.78 is 10.5. The summed E-state index contributed by atoms with van der Waals surface area (Å²) in [4.78, 5) is 24.0. The summed E-state index contributed by atoms with van der Waals surface area (Å²) in [7, 11) is 0. The first-order valence-electron chi connectivity index (χ1n) is 7.58. The lowest BCUT2D eigenvalue weighted by Crippen LogP contribution is -2.21. The van der Waals surface area contributed by atoms with E-state index in [-0.39, 0.29) is 19.1 Å². The minimum atomic E-state index is -0.392. The van der Waals surface area contributed by atoms with Crippen molar-refractivity contribution in [2.45, 2.75) is 20.3 Å². The van der Waals surface area contributed by atoms with Crippen molar-refractivity contribution in [1.82, 2.24) is 0 Å². The summed E-state index contributed by atoms with van der Waals surface area (Å²) in [5.74, 6) is 0.462. The van der Waals surface area contributed by atoms with E-state index in [4.69, 9.17) is 9.47 Å². The van der Waals surface area contributed by atoms with E-state index in [0.717, 1.165) is 11.1 Å². The third-order valence-electron chi connectivity index (χ3n) is 3.63. The number of hydrogen-bond donors (Lipinski definition) is 2. The zero-order valence-corrected chi connectivity index (χ0v) is 13.5. The van der Waals surface area contributed by atoms with E-state index in [0.29, 0.717) is 22.9 Å². The lowest BCUT2D eigenvalue weighted by molar-refractivity contribution is -0.123. The molecule has 0 aromatic heterocycles. The van der Waals surface area contributed by atoms with Crippen LogP contribution in [-0.4, -0.2) is 18.6 Å². The Morgan fingerprint density at radius 1 is 0.958 bits per heavy atom. The maximum atomic E-state index is 12.0. The zero-order chi connectivity index (χ0) is 17.1. The van der Waals surface area contributed by atoms with Crippen LogP contribution in [0.5, 0.6) is 11.5 Å². The Bertz CT molecular complexity index is 802. The molecule has 0 saturated carbocycles. The third-order valence-corrected chi connectivity index (χ3v) is 3.63. The largest absolute Gasteiger partial charge is 0.454 e. The molecule has 0 atom stereocenters. The van der Waals surface area contributed by atoms with Gasteiger partial charge in [-0.2, -0.15) is 0 Å². The number of benzene rings is 2.